The Hall–Kier alpha value is -2.93. The molecule has 0 saturated carbocycles. The van der Waals surface area contributed by atoms with Gasteiger partial charge in [0, 0.05) is 11.0 Å². The van der Waals surface area contributed by atoms with E-state index in [9.17, 15) is 4.79 Å². The number of carbonyl (C=O) groups excluding carboxylic acids is 1. The van der Waals surface area contributed by atoms with E-state index in [2.05, 4.69) is 37.5 Å². The summed E-state index contributed by atoms with van der Waals surface area (Å²) >= 11 is 1.52. The van der Waals surface area contributed by atoms with Crippen molar-refractivity contribution in [2.24, 2.45) is 10.9 Å². The average molecular weight is 409 g/mol. The van der Waals surface area contributed by atoms with E-state index in [0.29, 0.717) is 18.1 Å². The van der Waals surface area contributed by atoms with Gasteiger partial charge >= 0.3 is 0 Å². The number of anilines is 2. The number of allylic oxidation sites excluding steroid dienone is 2. The number of aldehydes is 1. The Bertz CT molecular complexity index is 1010. The van der Waals surface area contributed by atoms with Crippen LogP contribution in [-0.2, 0) is 4.79 Å². The van der Waals surface area contributed by atoms with E-state index >= 15 is 0 Å². The smallest absolute Gasteiger partial charge is 0.187 e. The quantitative estimate of drug-likeness (QED) is 0.677. The minimum atomic E-state index is -0.000353. The first kappa shape index (κ1) is 19.4. The Morgan fingerprint density at radius 1 is 1.38 bits per heavy atom. The number of hydrogen-bond acceptors (Lipinski definition) is 7. The minimum absolute atomic E-state index is 0.000353. The molecule has 2 atom stereocenters. The van der Waals surface area contributed by atoms with E-state index in [1.807, 2.05) is 35.7 Å². The molecule has 1 aromatic carbocycles. The Morgan fingerprint density at radius 3 is 3.03 bits per heavy atom. The molecule has 29 heavy (non-hydrogen) atoms. The van der Waals surface area contributed by atoms with Crippen LogP contribution in [0.25, 0.3) is 0 Å². The Labute approximate surface area is 174 Å². The molecule has 1 aromatic heterocycles. The lowest BCUT2D eigenvalue weighted by atomic mass is 10.0. The number of fused-ring (bicyclic) bond motifs is 1. The highest BCUT2D eigenvalue weighted by molar-refractivity contribution is 7.14. The molecular formula is C22H24N4O2S. The second-order valence-electron chi connectivity index (χ2n) is 7.65. The van der Waals surface area contributed by atoms with E-state index in [1.165, 1.54) is 11.3 Å². The zero-order chi connectivity index (χ0) is 20.4. The van der Waals surface area contributed by atoms with Crippen LogP contribution >= 0.6 is 11.3 Å². The third kappa shape index (κ3) is 4.40. The summed E-state index contributed by atoms with van der Waals surface area (Å²) in [6.07, 6.45) is 6.53. The Balaban J connectivity index is 1.50. The number of nitrogens with zero attached hydrogens (tertiary/aromatic N) is 2. The van der Waals surface area contributed by atoms with Crippen molar-refractivity contribution in [3.8, 4) is 5.75 Å². The fraction of sp³-hybridized carbons (Fsp3) is 0.318. The average Bonchev–Trinajstić information content (AvgIpc) is 3.33. The van der Waals surface area contributed by atoms with Crippen molar-refractivity contribution in [1.29, 1.82) is 0 Å². The van der Waals surface area contributed by atoms with Gasteiger partial charge in [-0.1, -0.05) is 32.1 Å². The summed E-state index contributed by atoms with van der Waals surface area (Å²) in [7, 11) is 0. The van der Waals surface area contributed by atoms with Crippen LogP contribution in [-0.4, -0.2) is 35.8 Å². The molecular weight excluding hydrogens is 384 g/mol. The second-order valence-corrected chi connectivity index (χ2v) is 8.51. The van der Waals surface area contributed by atoms with Gasteiger partial charge in [-0.2, -0.15) is 0 Å². The first-order chi connectivity index (χ1) is 14.0. The van der Waals surface area contributed by atoms with Gasteiger partial charge in [0.25, 0.3) is 0 Å². The number of rotatable bonds is 7. The van der Waals surface area contributed by atoms with Gasteiger partial charge in [0.2, 0.25) is 0 Å². The molecule has 4 rings (SSSR count). The molecule has 0 amide bonds. The van der Waals surface area contributed by atoms with Gasteiger partial charge in [-0.3, -0.25) is 9.79 Å². The molecule has 0 bridgehead atoms. The molecule has 2 aliphatic rings. The monoisotopic (exact) mass is 408 g/mol. The van der Waals surface area contributed by atoms with Gasteiger partial charge in [-0.25, -0.2) is 4.98 Å². The normalized spacial score (nSPS) is 20.0. The molecule has 2 unspecified atom stereocenters. The minimum Gasteiger partial charge on any atom is -0.491 e. The molecule has 0 fully saturated rings. The number of thiazole rings is 1. The van der Waals surface area contributed by atoms with Crippen LogP contribution in [0.3, 0.4) is 0 Å². The van der Waals surface area contributed by atoms with Crippen molar-refractivity contribution < 1.29 is 9.53 Å². The number of aliphatic imine (C=N–C) groups is 1. The van der Waals surface area contributed by atoms with Gasteiger partial charge in [-0.05, 0) is 36.6 Å². The molecule has 2 N–H and O–H groups in total. The summed E-state index contributed by atoms with van der Waals surface area (Å²) in [5.74, 6) is 2.02. The van der Waals surface area contributed by atoms with Crippen molar-refractivity contribution in [2.75, 3.05) is 11.9 Å². The number of aromatic nitrogens is 1. The van der Waals surface area contributed by atoms with Gasteiger partial charge in [0.1, 0.15) is 23.6 Å². The van der Waals surface area contributed by atoms with Crippen LogP contribution in [0.5, 0.6) is 5.75 Å². The lowest BCUT2D eigenvalue weighted by Crippen LogP contribution is -2.34. The number of hydrogen-bond donors (Lipinski definition) is 2. The molecule has 0 saturated heterocycles. The molecule has 1 aliphatic heterocycles. The van der Waals surface area contributed by atoms with E-state index < -0.39 is 0 Å². The Morgan fingerprint density at radius 2 is 2.24 bits per heavy atom. The van der Waals surface area contributed by atoms with Crippen LogP contribution in [0.15, 0.2) is 52.4 Å². The topological polar surface area (TPSA) is 75.6 Å². The van der Waals surface area contributed by atoms with Crippen molar-refractivity contribution >= 4 is 34.3 Å². The van der Waals surface area contributed by atoms with E-state index in [1.54, 1.807) is 0 Å². The van der Waals surface area contributed by atoms with Crippen LogP contribution in [0.1, 0.15) is 25.1 Å². The molecule has 2 aromatic rings. The van der Waals surface area contributed by atoms with E-state index in [4.69, 9.17) is 14.7 Å². The first-order valence-corrected chi connectivity index (χ1v) is 10.6. The van der Waals surface area contributed by atoms with Crippen LogP contribution in [0, 0.1) is 12.8 Å². The largest absolute Gasteiger partial charge is 0.491 e. The predicted molar refractivity (Wildman–Crippen MR) is 117 cm³/mol. The van der Waals surface area contributed by atoms with Crippen LogP contribution < -0.4 is 15.4 Å². The summed E-state index contributed by atoms with van der Waals surface area (Å²) in [5, 5.41) is 9.50. The lowest BCUT2D eigenvalue weighted by molar-refractivity contribution is -0.104. The molecule has 0 radical (unpaired) electrons. The number of carbonyl (C=O) groups is 1. The Kier molecular flexibility index (Phi) is 5.49. The molecule has 0 spiro atoms. The van der Waals surface area contributed by atoms with Gasteiger partial charge < -0.3 is 15.4 Å². The van der Waals surface area contributed by atoms with Crippen LogP contribution in [0.2, 0.25) is 0 Å². The fourth-order valence-electron chi connectivity index (χ4n) is 3.18. The number of ether oxygens (including phenoxy) is 1. The molecule has 150 valence electrons. The zero-order valence-electron chi connectivity index (χ0n) is 16.7. The highest BCUT2D eigenvalue weighted by atomic mass is 32.1. The summed E-state index contributed by atoms with van der Waals surface area (Å²) < 4.78 is 5.95. The second kappa shape index (κ2) is 8.21. The molecule has 6 nitrogen and oxygen atoms in total. The summed E-state index contributed by atoms with van der Waals surface area (Å²) in [6.45, 7) is 6.97. The van der Waals surface area contributed by atoms with E-state index in [0.717, 1.165) is 39.9 Å². The predicted octanol–water partition coefficient (Wildman–Crippen LogP) is 4.01. The van der Waals surface area contributed by atoms with Crippen molar-refractivity contribution in [3.05, 3.63) is 58.6 Å². The molecule has 2 heterocycles. The van der Waals surface area contributed by atoms with Crippen molar-refractivity contribution in [2.45, 2.75) is 32.9 Å². The number of nitrogens with one attached hydrogen (secondary N) is 2. The standard InChI is InChI=1S/C22H24N4O2S/c1-13(2)11-28-20-7-4-14(3)8-18(20)25-22-26-19(12-29-22)21-23-16-6-5-15(10-27)9-17(16)24-21/h4-10,12-13,16-17H,11H2,1-3H3,(H,23,24)(H,25,26). The lowest BCUT2D eigenvalue weighted by Gasteiger charge is -2.15. The van der Waals surface area contributed by atoms with Gasteiger partial charge in [0.15, 0.2) is 5.13 Å². The van der Waals surface area contributed by atoms with Crippen molar-refractivity contribution in [1.82, 2.24) is 10.3 Å². The van der Waals surface area contributed by atoms with Gasteiger partial charge in [0.05, 0.1) is 24.4 Å². The maximum atomic E-state index is 11.0. The fourth-order valence-corrected chi connectivity index (χ4v) is 3.89. The summed E-state index contributed by atoms with van der Waals surface area (Å²) in [5.41, 5.74) is 3.52. The number of aryl methyl sites for hydroxylation is 1. The SMILES string of the molecule is Cc1ccc(OCC(C)C)c(Nc2nc(C3=NC4C=CC(C=O)=CC4N3)cs2)c1. The van der Waals surface area contributed by atoms with E-state index in [-0.39, 0.29) is 12.1 Å². The summed E-state index contributed by atoms with van der Waals surface area (Å²) in [4.78, 5) is 20.4. The maximum Gasteiger partial charge on any atom is 0.187 e. The summed E-state index contributed by atoms with van der Waals surface area (Å²) in [6, 6.07) is 6.10. The van der Waals surface area contributed by atoms with Crippen molar-refractivity contribution in [3.63, 3.8) is 0 Å². The highest BCUT2D eigenvalue weighted by Gasteiger charge is 2.29. The number of benzene rings is 1. The maximum absolute atomic E-state index is 11.0. The van der Waals surface area contributed by atoms with Gasteiger partial charge in [-0.15, -0.1) is 11.3 Å². The number of amidine groups is 1. The highest BCUT2D eigenvalue weighted by Crippen LogP contribution is 2.31. The third-order valence-corrected chi connectivity index (χ3v) is 5.40. The van der Waals surface area contributed by atoms with Crippen LogP contribution in [0.4, 0.5) is 10.8 Å². The zero-order valence-corrected chi connectivity index (χ0v) is 17.5. The molecule has 1 aliphatic carbocycles. The first-order valence-electron chi connectivity index (χ1n) is 9.68. The molecule has 7 heteroatoms. The third-order valence-electron chi connectivity index (χ3n) is 4.64.